The van der Waals surface area contributed by atoms with Crippen LogP contribution in [0.5, 0.6) is 0 Å². The van der Waals surface area contributed by atoms with Gasteiger partial charge in [-0.1, -0.05) is 214 Å². The van der Waals surface area contributed by atoms with Crippen LogP contribution in [0.4, 0.5) is 0 Å². The van der Waals surface area contributed by atoms with Crippen molar-refractivity contribution in [3.8, 4) is 0 Å². The van der Waals surface area contributed by atoms with Crippen molar-refractivity contribution in [3.63, 3.8) is 0 Å². The molecular weight excluding hydrogens is 705 g/mol. The molecule has 2 unspecified atom stereocenters. The van der Waals surface area contributed by atoms with Crippen LogP contribution in [0.1, 0.15) is 252 Å². The highest BCUT2D eigenvalue weighted by atomic mass is 16.5. The Bertz CT molecular complexity index is 836. The molecule has 0 spiro atoms. The SMILES string of the molecule is CCCCCCCCCCC(CCCCCCCC)COC(=O)CCN(CCC(=O)OCC(CCCCCCCCC)CCCCCCCCCC)CCN(C)C. The lowest BCUT2D eigenvalue weighted by Gasteiger charge is -2.24. The van der Waals surface area contributed by atoms with E-state index in [0.717, 1.165) is 13.1 Å². The van der Waals surface area contributed by atoms with Crippen LogP contribution < -0.4 is 0 Å². The molecule has 2 atom stereocenters. The first kappa shape index (κ1) is 55.9. The van der Waals surface area contributed by atoms with Crippen LogP contribution in [0.25, 0.3) is 0 Å². The molecule has 6 heteroatoms. The second-order valence-corrected chi connectivity index (χ2v) is 18.2. The van der Waals surface area contributed by atoms with Crippen molar-refractivity contribution >= 4 is 11.9 Å². The molecule has 0 aliphatic rings. The summed E-state index contributed by atoms with van der Waals surface area (Å²) in [5.41, 5.74) is 0. The van der Waals surface area contributed by atoms with Crippen molar-refractivity contribution < 1.29 is 19.1 Å². The van der Waals surface area contributed by atoms with Crippen molar-refractivity contribution in [2.24, 2.45) is 11.8 Å². The van der Waals surface area contributed by atoms with Gasteiger partial charge >= 0.3 is 11.9 Å². The lowest BCUT2D eigenvalue weighted by molar-refractivity contribution is -0.145. The third-order valence-electron chi connectivity index (χ3n) is 12.2. The number of esters is 2. The zero-order valence-electron chi connectivity index (χ0n) is 39.7. The van der Waals surface area contributed by atoms with Crippen molar-refractivity contribution in [3.05, 3.63) is 0 Å². The number of rotatable bonds is 46. The van der Waals surface area contributed by atoms with Crippen LogP contribution >= 0.6 is 0 Å². The van der Waals surface area contributed by atoms with E-state index in [1.165, 1.54) is 212 Å². The van der Waals surface area contributed by atoms with Gasteiger partial charge in [-0.2, -0.15) is 0 Å². The van der Waals surface area contributed by atoms with Gasteiger partial charge in [-0.15, -0.1) is 0 Å². The molecule has 340 valence electrons. The third-order valence-corrected chi connectivity index (χ3v) is 12.2. The topological polar surface area (TPSA) is 59.1 Å². The smallest absolute Gasteiger partial charge is 0.307 e. The van der Waals surface area contributed by atoms with E-state index < -0.39 is 0 Å². The summed E-state index contributed by atoms with van der Waals surface area (Å²) in [4.78, 5) is 30.6. The van der Waals surface area contributed by atoms with Crippen molar-refractivity contribution in [1.29, 1.82) is 0 Å². The van der Waals surface area contributed by atoms with Crippen molar-refractivity contribution in [2.45, 2.75) is 252 Å². The highest BCUT2D eigenvalue weighted by Crippen LogP contribution is 2.22. The fraction of sp³-hybridized carbons (Fsp3) is 0.961. The molecule has 0 amide bonds. The zero-order chi connectivity index (χ0) is 41.9. The molecule has 0 aromatic carbocycles. The Labute approximate surface area is 357 Å². The van der Waals surface area contributed by atoms with E-state index in [0.29, 0.717) is 51.0 Å². The maximum Gasteiger partial charge on any atom is 0.307 e. The number of carbonyl (C=O) groups is 2. The van der Waals surface area contributed by atoms with Crippen LogP contribution in [0, 0.1) is 11.8 Å². The van der Waals surface area contributed by atoms with Gasteiger partial charge in [0.1, 0.15) is 0 Å². The normalized spacial score (nSPS) is 12.8. The van der Waals surface area contributed by atoms with Crippen LogP contribution in [0.3, 0.4) is 0 Å². The minimum atomic E-state index is -0.0922. The monoisotopic (exact) mass is 807 g/mol. The molecule has 0 bridgehead atoms. The molecule has 0 rings (SSSR count). The lowest BCUT2D eigenvalue weighted by Crippen LogP contribution is -2.35. The Morgan fingerprint density at radius 1 is 0.368 bits per heavy atom. The van der Waals surface area contributed by atoms with Crippen LogP contribution in [0.2, 0.25) is 0 Å². The van der Waals surface area contributed by atoms with Gasteiger partial charge in [0.25, 0.3) is 0 Å². The molecular formula is C51H102N2O4. The van der Waals surface area contributed by atoms with Gasteiger partial charge in [0.05, 0.1) is 26.1 Å². The summed E-state index contributed by atoms with van der Waals surface area (Å²) in [7, 11) is 4.16. The Hall–Kier alpha value is -1.14. The lowest BCUT2D eigenvalue weighted by atomic mass is 9.94. The highest BCUT2D eigenvalue weighted by molar-refractivity contribution is 5.70. The van der Waals surface area contributed by atoms with Gasteiger partial charge in [0.2, 0.25) is 0 Å². The summed E-state index contributed by atoms with van der Waals surface area (Å²) < 4.78 is 11.9. The molecule has 6 nitrogen and oxygen atoms in total. The minimum absolute atomic E-state index is 0.0913. The van der Waals surface area contributed by atoms with Gasteiger partial charge in [-0.25, -0.2) is 0 Å². The van der Waals surface area contributed by atoms with Gasteiger partial charge in [-0.3, -0.25) is 9.59 Å². The molecule has 0 aromatic heterocycles. The molecule has 0 aliphatic carbocycles. The van der Waals surface area contributed by atoms with E-state index in [2.05, 4.69) is 51.6 Å². The Morgan fingerprint density at radius 2 is 0.632 bits per heavy atom. The zero-order valence-corrected chi connectivity index (χ0v) is 39.7. The number of hydrogen-bond donors (Lipinski definition) is 0. The van der Waals surface area contributed by atoms with E-state index in [1.807, 2.05) is 0 Å². The molecule has 0 aliphatic heterocycles. The Kier molecular flexibility index (Phi) is 43.5. The number of carbonyl (C=O) groups excluding carboxylic acids is 2. The molecule has 0 saturated carbocycles. The summed E-state index contributed by atoms with van der Waals surface area (Å²) in [6, 6.07) is 0. The summed E-state index contributed by atoms with van der Waals surface area (Å²) in [6.07, 6.45) is 43.9. The number of likely N-dealkylation sites (N-methyl/N-ethyl adjacent to an activating group) is 1. The fourth-order valence-electron chi connectivity index (χ4n) is 8.10. The summed E-state index contributed by atoms with van der Waals surface area (Å²) in [5, 5.41) is 0. The van der Waals surface area contributed by atoms with E-state index in [1.54, 1.807) is 0 Å². The number of hydrogen-bond acceptors (Lipinski definition) is 6. The number of nitrogens with zero attached hydrogens (tertiary/aromatic N) is 2. The average molecular weight is 807 g/mol. The predicted molar refractivity (Wildman–Crippen MR) is 248 cm³/mol. The first-order valence-electron chi connectivity index (χ1n) is 25.5. The largest absolute Gasteiger partial charge is 0.465 e. The van der Waals surface area contributed by atoms with Crippen LogP contribution in [0.15, 0.2) is 0 Å². The standard InChI is InChI=1S/C51H102N2O4/c1-7-11-15-19-23-26-30-34-38-48(36-32-28-22-18-14-10-4)46-56-50(54)40-42-53(45-44-52(5)6)43-41-51(55)57-47-49(37-33-29-25-21-17-13-9-3)39-35-31-27-24-20-16-12-8-2/h48-49H,7-47H2,1-6H3. The molecule has 0 heterocycles. The molecule has 0 N–H and O–H groups in total. The van der Waals surface area contributed by atoms with Gasteiger partial charge < -0.3 is 19.3 Å². The van der Waals surface area contributed by atoms with Crippen molar-refractivity contribution in [2.75, 3.05) is 53.5 Å². The summed E-state index contributed by atoms with van der Waals surface area (Å²) in [5.74, 6) is 0.770. The molecule has 0 aromatic rings. The first-order chi connectivity index (χ1) is 27.9. The quantitative estimate of drug-likeness (QED) is 0.0451. The van der Waals surface area contributed by atoms with E-state index in [-0.39, 0.29) is 11.9 Å². The van der Waals surface area contributed by atoms with Crippen molar-refractivity contribution in [1.82, 2.24) is 9.80 Å². The second kappa shape index (κ2) is 44.4. The maximum atomic E-state index is 13.1. The predicted octanol–water partition coefficient (Wildman–Crippen LogP) is 14.9. The summed E-state index contributed by atoms with van der Waals surface area (Å²) in [6.45, 7) is 13.2. The molecule has 57 heavy (non-hydrogen) atoms. The third kappa shape index (κ3) is 41.4. The van der Waals surface area contributed by atoms with Gasteiger partial charge in [0.15, 0.2) is 0 Å². The molecule has 0 saturated heterocycles. The van der Waals surface area contributed by atoms with Crippen LogP contribution in [-0.4, -0.2) is 75.2 Å². The molecule has 0 fully saturated rings. The maximum absolute atomic E-state index is 13.1. The number of ether oxygens (including phenoxy) is 2. The van der Waals surface area contributed by atoms with E-state index >= 15 is 0 Å². The Balaban J connectivity index is 4.87. The van der Waals surface area contributed by atoms with E-state index in [4.69, 9.17) is 9.47 Å². The highest BCUT2D eigenvalue weighted by Gasteiger charge is 2.17. The average Bonchev–Trinajstić information content (AvgIpc) is 3.20. The van der Waals surface area contributed by atoms with E-state index in [9.17, 15) is 9.59 Å². The molecule has 0 radical (unpaired) electrons. The first-order valence-corrected chi connectivity index (χ1v) is 25.5. The minimum Gasteiger partial charge on any atom is -0.465 e. The Morgan fingerprint density at radius 3 is 0.895 bits per heavy atom. The van der Waals surface area contributed by atoms with Gasteiger partial charge in [-0.05, 0) is 51.6 Å². The summed E-state index contributed by atoms with van der Waals surface area (Å²) >= 11 is 0. The van der Waals surface area contributed by atoms with Gasteiger partial charge in [0, 0.05) is 26.2 Å². The number of unbranched alkanes of at least 4 members (excludes halogenated alkanes) is 25. The second-order valence-electron chi connectivity index (χ2n) is 18.2. The fourth-order valence-corrected chi connectivity index (χ4v) is 8.10. The van der Waals surface area contributed by atoms with Crippen LogP contribution in [-0.2, 0) is 19.1 Å².